The number of rotatable bonds is 4. The fourth-order valence-electron chi connectivity index (χ4n) is 3.17. The van der Waals surface area contributed by atoms with Gasteiger partial charge in [-0.15, -0.1) is 0 Å². The van der Waals surface area contributed by atoms with Gasteiger partial charge in [0.1, 0.15) is 0 Å². The molecule has 0 radical (unpaired) electrons. The summed E-state index contributed by atoms with van der Waals surface area (Å²) in [6.07, 6.45) is 2.67. The van der Waals surface area contributed by atoms with Crippen LogP contribution in [0.2, 0.25) is 0 Å². The van der Waals surface area contributed by atoms with Gasteiger partial charge < -0.3 is 10.0 Å². The van der Waals surface area contributed by atoms with Gasteiger partial charge in [0.15, 0.2) is 0 Å². The molecule has 1 N–H and O–H groups in total. The number of likely N-dealkylation sites (N-methyl/N-ethyl adjacent to an activating group) is 1. The van der Waals surface area contributed by atoms with Crippen molar-refractivity contribution in [1.82, 2.24) is 14.8 Å². The lowest BCUT2D eigenvalue weighted by Gasteiger charge is -2.51. The van der Waals surface area contributed by atoms with Gasteiger partial charge in [-0.2, -0.15) is 0 Å². The van der Waals surface area contributed by atoms with Crippen LogP contribution in [-0.4, -0.2) is 58.2 Å². The smallest absolute Gasteiger partial charge is 0.0544 e. The average molecular weight is 263 g/mol. The van der Waals surface area contributed by atoms with Crippen LogP contribution in [-0.2, 0) is 6.54 Å². The zero-order valence-electron chi connectivity index (χ0n) is 12.2. The van der Waals surface area contributed by atoms with Crippen molar-refractivity contribution in [2.24, 2.45) is 0 Å². The van der Waals surface area contributed by atoms with Crippen LogP contribution in [0.1, 0.15) is 26.0 Å². The SMILES string of the molecule is CN1CC(CCO)N(Cc2ccccn2)C(C)(C)C1. The van der Waals surface area contributed by atoms with E-state index >= 15 is 0 Å². The zero-order valence-corrected chi connectivity index (χ0v) is 12.2. The number of aliphatic hydroxyl groups excluding tert-OH is 1. The van der Waals surface area contributed by atoms with Crippen molar-refractivity contribution in [2.75, 3.05) is 26.7 Å². The summed E-state index contributed by atoms with van der Waals surface area (Å²) < 4.78 is 0. The number of aromatic nitrogens is 1. The highest BCUT2D eigenvalue weighted by Crippen LogP contribution is 2.27. The first-order chi connectivity index (χ1) is 9.03. The van der Waals surface area contributed by atoms with E-state index < -0.39 is 0 Å². The Labute approximate surface area is 116 Å². The molecule has 19 heavy (non-hydrogen) atoms. The van der Waals surface area contributed by atoms with E-state index in [-0.39, 0.29) is 12.1 Å². The second-order valence-corrected chi connectivity index (χ2v) is 6.12. The number of hydrogen-bond donors (Lipinski definition) is 1. The van der Waals surface area contributed by atoms with Gasteiger partial charge in [-0.1, -0.05) is 6.07 Å². The molecule has 2 heterocycles. The summed E-state index contributed by atoms with van der Waals surface area (Å²) in [6, 6.07) is 6.45. The molecule has 0 bridgehead atoms. The molecule has 0 spiro atoms. The molecule has 4 nitrogen and oxygen atoms in total. The van der Waals surface area contributed by atoms with Crippen LogP contribution >= 0.6 is 0 Å². The van der Waals surface area contributed by atoms with Gasteiger partial charge in [0, 0.05) is 44.0 Å². The standard InChI is InChI=1S/C15H25N3O/c1-15(2)12-17(3)11-14(7-9-19)18(15)10-13-6-4-5-8-16-13/h4-6,8,14,19H,7,9-12H2,1-3H3. The first kappa shape index (κ1) is 14.4. The Morgan fingerprint density at radius 3 is 2.84 bits per heavy atom. The molecule has 1 unspecified atom stereocenters. The maximum atomic E-state index is 9.30. The molecule has 4 heteroatoms. The summed E-state index contributed by atoms with van der Waals surface area (Å²) in [4.78, 5) is 9.28. The van der Waals surface area contributed by atoms with E-state index in [2.05, 4.69) is 41.7 Å². The lowest BCUT2D eigenvalue weighted by Crippen LogP contribution is -2.62. The first-order valence-corrected chi connectivity index (χ1v) is 6.99. The molecular formula is C15H25N3O. The molecule has 1 saturated heterocycles. The van der Waals surface area contributed by atoms with Crippen molar-refractivity contribution in [2.45, 2.75) is 38.4 Å². The predicted molar refractivity (Wildman–Crippen MR) is 76.8 cm³/mol. The third kappa shape index (κ3) is 3.53. The van der Waals surface area contributed by atoms with Crippen molar-refractivity contribution in [1.29, 1.82) is 0 Å². The molecule has 1 aromatic rings. The Kier molecular flexibility index (Phi) is 4.55. The van der Waals surface area contributed by atoms with Gasteiger partial charge in [-0.25, -0.2) is 0 Å². The maximum absolute atomic E-state index is 9.30. The lowest BCUT2D eigenvalue weighted by atomic mass is 9.93. The topological polar surface area (TPSA) is 39.6 Å². The summed E-state index contributed by atoms with van der Waals surface area (Å²) in [6.45, 7) is 7.70. The highest BCUT2D eigenvalue weighted by Gasteiger charge is 2.38. The van der Waals surface area contributed by atoms with Crippen LogP contribution in [0.25, 0.3) is 0 Å². The van der Waals surface area contributed by atoms with Crippen LogP contribution in [0.5, 0.6) is 0 Å². The van der Waals surface area contributed by atoms with E-state index in [1.54, 1.807) is 0 Å². The fraction of sp³-hybridized carbons (Fsp3) is 0.667. The van der Waals surface area contributed by atoms with Gasteiger partial charge in [-0.3, -0.25) is 9.88 Å². The minimum absolute atomic E-state index is 0.102. The van der Waals surface area contributed by atoms with Crippen LogP contribution in [0.15, 0.2) is 24.4 Å². The van der Waals surface area contributed by atoms with Gasteiger partial charge in [0.25, 0.3) is 0 Å². The third-order valence-electron chi connectivity index (χ3n) is 3.92. The lowest BCUT2D eigenvalue weighted by molar-refractivity contribution is -0.0308. The third-order valence-corrected chi connectivity index (χ3v) is 3.92. The fourth-order valence-corrected chi connectivity index (χ4v) is 3.17. The number of piperazine rings is 1. The summed E-state index contributed by atoms with van der Waals surface area (Å²) in [5, 5.41) is 9.30. The van der Waals surface area contributed by atoms with Gasteiger partial charge in [0.05, 0.1) is 5.69 Å². The van der Waals surface area contributed by atoms with Crippen LogP contribution in [0.4, 0.5) is 0 Å². The molecule has 1 atom stereocenters. The minimum atomic E-state index is 0.102. The summed E-state index contributed by atoms with van der Waals surface area (Å²) >= 11 is 0. The maximum Gasteiger partial charge on any atom is 0.0544 e. The molecule has 0 saturated carbocycles. The van der Waals surface area contributed by atoms with Gasteiger partial charge in [0.2, 0.25) is 0 Å². The van der Waals surface area contributed by atoms with E-state index in [9.17, 15) is 5.11 Å². The second kappa shape index (κ2) is 5.99. The zero-order chi connectivity index (χ0) is 13.9. The predicted octanol–water partition coefficient (Wildman–Crippen LogP) is 1.36. The van der Waals surface area contributed by atoms with Gasteiger partial charge >= 0.3 is 0 Å². The number of aliphatic hydroxyl groups is 1. The number of hydrogen-bond acceptors (Lipinski definition) is 4. The Bertz CT molecular complexity index is 394. The Morgan fingerprint density at radius 2 is 2.21 bits per heavy atom. The van der Waals surface area contributed by atoms with E-state index in [1.165, 1.54) is 0 Å². The summed E-state index contributed by atoms with van der Waals surface area (Å²) in [5.74, 6) is 0. The van der Waals surface area contributed by atoms with Crippen LogP contribution in [0.3, 0.4) is 0 Å². The first-order valence-electron chi connectivity index (χ1n) is 6.99. The van der Waals surface area contributed by atoms with Crippen molar-refractivity contribution in [3.05, 3.63) is 30.1 Å². The summed E-state index contributed by atoms with van der Waals surface area (Å²) in [7, 11) is 2.16. The number of nitrogens with zero attached hydrogens (tertiary/aromatic N) is 3. The highest BCUT2D eigenvalue weighted by molar-refractivity contribution is 5.06. The molecular weight excluding hydrogens is 238 g/mol. The van der Waals surface area contributed by atoms with Crippen molar-refractivity contribution >= 4 is 0 Å². The molecule has 106 valence electrons. The van der Waals surface area contributed by atoms with Crippen molar-refractivity contribution in [3.63, 3.8) is 0 Å². The van der Waals surface area contributed by atoms with E-state index in [0.717, 1.165) is 31.7 Å². The molecule has 2 rings (SSSR count). The monoisotopic (exact) mass is 263 g/mol. The minimum Gasteiger partial charge on any atom is -0.396 e. The second-order valence-electron chi connectivity index (χ2n) is 6.12. The highest BCUT2D eigenvalue weighted by atomic mass is 16.3. The normalized spacial score (nSPS) is 24.5. The molecule has 0 amide bonds. The average Bonchev–Trinajstić information content (AvgIpc) is 2.34. The quantitative estimate of drug-likeness (QED) is 0.890. The van der Waals surface area contributed by atoms with Crippen LogP contribution < -0.4 is 0 Å². The van der Waals surface area contributed by atoms with E-state index in [1.807, 2.05) is 18.3 Å². The van der Waals surface area contributed by atoms with E-state index in [4.69, 9.17) is 0 Å². The number of pyridine rings is 1. The molecule has 1 aromatic heterocycles. The molecule has 0 aromatic carbocycles. The Balaban J connectivity index is 2.17. The summed E-state index contributed by atoms with van der Waals surface area (Å²) in [5.41, 5.74) is 1.20. The Morgan fingerprint density at radius 1 is 1.42 bits per heavy atom. The molecule has 1 aliphatic rings. The van der Waals surface area contributed by atoms with Gasteiger partial charge in [-0.05, 0) is 39.4 Å². The van der Waals surface area contributed by atoms with Crippen molar-refractivity contribution in [3.8, 4) is 0 Å². The molecule has 0 aliphatic carbocycles. The molecule has 1 fully saturated rings. The molecule has 1 aliphatic heterocycles. The van der Waals surface area contributed by atoms with E-state index in [0.29, 0.717) is 6.04 Å². The largest absolute Gasteiger partial charge is 0.396 e. The van der Waals surface area contributed by atoms with Crippen molar-refractivity contribution < 1.29 is 5.11 Å². The van der Waals surface area contributed by atoms with Crippen LogP contribution in [0, 0.1) is 0 Å². The Hall–Kier alpha value is -0.970.